The highest BCUT2D eigenvalue weighted by Crippen LogP contribution is 2.21. The first-order valence-electron chi connectivity index (χ1n) is 6.04. The molecule has 1 aromatic rings. The van der Waals surface area contributed by atoms with Crippen molar-refractivity contribution in [3.05, 3.63) is 29.8 Å². The first-order valence-corrected chi connectivity index (χ1v) is 6.04. The zero-order valence-corrected chi connectivity index (χ0v) is 10.7. The molecule has 1 amide bonds. The third-order valence-electron chi connectivity index (χ3n) is 2.59. The van der Waals surface area contributed by atoms with Crippen LogP contribution in [0.3, 0.4) is 0 Å². The van der Waals surface area contributed by atoms with Crippen LogP contribution in [-0.4, -0.2) is 42.2 Å². The molecule has 0 saturated heterocycles. The van der Waals surface area contributed by atoms with Crippen molar-refractivity contribution >= 4 is 5.91 Å². The Kier molecular flexibility index (Phi) is 6.21. The Balaban J connectivity index is 2.90. The molecule has 19 heavy (non-hydrogen) atoms. The molecule has 0 aliphatic heterocycles. The lowest BCUT2D eigenvalue weighted by atomic mass is 10.1. The zero-order chi connectivity index (χ0) is 14.3. The van der Waals surface area contributed by atoms with E-state index in [9.17, 15) is 13.6 Å². The number of amides is 1. The maximum atomic E-state index is 12.3. The van der Waals surface area contributed by atoms with Gasteiger partial charge in [0.2, 0.25) is 0 Å². The van der Waals surface area contributed by atoms with Crippen LogP contribution < -0.4 is 4.74 Å². The third-order valence-corrected chi connectivity index (χ3v) is 2.59. The van der Waals surface area contributed by atoms with Gasteiger partial charge in [0.15, 0.2) is 0 Å². The number of nitrogens with zero attached hydrogens (tertiary/aromatic N) is 1. The molecule has 0 atom stereocenters. The molecule has 6 heteroatoms. The number of aliphatic hydroxyl groups is 1. The fraction of sp³-hybridized carbons (Fsp3) is 0.462. The number of alkyl halides is 2. The lowest BCUT2D eigenvalue weighted by Crippen LogP contribution is -2.32. The van der Waals surface area contributed by atoms with Crippen molar-refractivity contribution in [3.63, 3.8) is 0 Å². The van der Waals surface area contributed by atoms with E-state index in [0.717, 1.165) is 0 Å². The van der Waals surface area contributed by atoms with E-state index >= 15 is 0 Å². The molecule has 0 saturated carbocycles. The number of carbonyl (C=O) groups is 1. The largest absolute Gasteiger partial charge is 0.434 e. The minimum absolute atomic E-state index is 0.0288. The van der Waals surface area contributed by atoms with Crippen LogP contribution in [0.4, 0.5) is 8.78 Å². The molecule has 0 spiro atoms. The summed E-state index contributed by atoms with van der Waals surface area (Å²) >= 11 is 0. The van der Waals surface area contributed by atoms with Crippen molar-refractivity contribution in [2.45, 2.75) is 20.0 Å². The number of carbonyl (C=O) groups excluding carboxylic acids is 1. The molecule has 106 valence electrons. The number of para-hydroxylation sites is 1. The van der Waals surface area contributed by atoms with E-state index in [2.05, 4.69) is 4.74 Å². The summed E-state index contributed by atoms with van der Waals surface area (Å²) < 4.78 is 28.9. The lowest BCUT2D eigenvalue weighted by Gasteiger charge is -2.21. The number of hydrogen-bond acceptors (Lipinski definition) is 3. The number of hydrogen-bond donors (Lipinski definition) is 1. The predicted octanol–water partition coefficient (Wildman–Crippen LogP) is 2.13. The van der Waals surface area contributed by atoms with Crippen molar-refractivity contribution < 1.29 is 23.4 Å². The highest BCUT2D eigenvalue weighted by Gasteiger charge is 2.19. The Bertz CT molecular complexity index is 413. The number of ether oxygens (including phenoxy) is 1. The van der Waals surface area contributed by atoms with Crippen LogP contribution in [0.5, 0.6) is 5.75 Å². The Hall–Kier alpha value is -1.69. The van der Waals surface area contributed by atoms with Crippen molar-refractivity contribution in [2.75, 3.05) is 19.7 Å². The second-order valence-electron chi connectivity index (χ2n) is 3.84. The molecule has 0 aliphatic carbocycles. The van der Waals surface area contributed by atoms with Crippen LogP contribution in [0.25, 0.3) is 0 Å². The minimum atomic E-state index is -2.97. The molecular formula is C13H17F2NO3. The quantitative estimate of drug-likeness (QED) is 0.828. The molecule has 0 bridgehead atoms. The van der Waals surface area contributed by atoms with Crippen molar-refractivity contribution in [1.82, 2.24) is 4.90 Å². The van der Waals surface area contributed by atoms with Crippen LogP contribution in [0.1, 0.15) is 23.7 Å². The van der Waals surface area contributed by atoms with Gasteiger partial charge in [-0.15, -0.1) is 0 Å². The van der Waals surface area contributed by atoms with E-state index < -0.39 is 6.61 Å². The molecule has 0 aliphatic rings. The van der Waals surface area contributed by atoms with Gasteiger partial charge in [-0.05, 0) is 25.5 Å². The topological polar surface area (TPSA) is 49.8 Å². The van der Waals surface area contributed by atoms with Gasteiger partial charge >= 0.3 is 6.61 Å². The first-order chi connectivity index (χ1) is 9.10. The summed E-state index contributed by atoms with van der Waals surface area (Å²) in [6, 6.07) is 5.89. The van der Waals surface area contributed by atoms with Crippen LogP contribution in [0.2, 0.25) is 0 Å². The standard InChI is InChI=1S/C13H17F2NO3/c1-2-16(8-5-9-17)12(18)10-6-3-4-7-11(10)19-13(14)15/h3-4,6-7,13,17H,2,5,8-9H2,1H3. The summed E-state index contributed by atoms with van der Waals surface area (Å²) in [5.41, 5.74) is 0.0996. The average Bonchev–Trinajstić information content (AvgIpc) is 2.39. The number of aliphatic hydroxyl groups excluding tert-OH is 1. The van der Waals surface area contributed by atoms with Crippen LogP contribution in [0.15, 0.2) is 24.3 Å². The van der Waals surface area contributed by atoms with Crippen LogP contribution in [-0.2, 0) is 0 Å². The van der Waals surface area contributed by atoms with E-state index in [4.69, 9.17) is 5.11 Å². The molecule has 0 radical (unpaired) electrons. The van der Waals surface area contributed by atoms with E-state index in [1.165, 1.54) is 23.1 Å². The van der Waals surface area contributed by atoms with Gasteiger partial charge in [-0.1, -0.05) is 12.1 Å². The zero-order valence-electron chi connectivity index (χ0n) is 10.7. The normalized spacial score (nSPS) is 10.6. The maximum absolute atomic E-state index is 12.3. The fourth-order valence-corrected chi connectivity index (χ4v) is 1.68. The second-order valence-corrected chi connectivity index (χ2v) is 3.84. The van der Waals surface area contributed by atoms with Gasteiger partial charge in [0.25, 0.3) is 5.91 Å². The summed E-state index contributed by atoms with van der Waals surface area (Å²) in [5.74, 6) is -0.517. The Morgan fingerprint density at radius 3 is 2.68 bits per heavy atom. The van der Waals surface area contributed by atoms with E-state index in [1.54, 1.807) is 13.0 Å². The monoisotopic (exact) mass is 273 g/mol. The van der Waals surface area contributed by atoms with Crippen molar-refractivity contribution in [2.24, 2.45) is 0 Å². The lowest BCUT2D eigenvalue weighted by molar-refractivity contribution is -0.0502. The van der Waals surface area contributed by atoms with Gasteiger partial charge in [0.1, 0.15) is 5.75 Å². The Morgan fingerprint density at radius 2 is 2.11 bits per heavy atom. The summed E-state index contributed by atoms with van der Waals surface area (Å²) in [6.07, 6.45) is 0.442. The SMILES string of the molecule is CCN(CCCO)C(=O)c1ccccc1OC(F)F. The summed E-state index contributed by atoms with van der Waals surface area (Å²) in [7, 11) is 0. The van der Waals surface area contributed by atoms with Crippen molar-refractivity contribution in [3.8, 4) is 5.75 Å². The molecule has 0 heterocycles. The van der Waals surface area contributed by atoms with Crippen LogP contribution >= 0.6 is 0 Å². The third kappa shape index (κ3) is 4.48. The average molecular weight is 273 g/mol. The Morgan fingerprint density at radius 1 is 1.42 bits per heavy atom. The first kappa shape index (κ1) is 15.4. The highest BCUT2D eigenvalue weighted by atomic mass is 19.3. The van der Waals surface area contributed by atoms with Gasteiger partial charge in [-0.3, -0.25) is 4.79 Å². The molecule has 0 fully saturated rings. The molecule has 4 nitrogen and oxygen atoms in total. The molecule has 1 rings (SSSR count). The highest BCUT2D eigenvalue weighted by molar-refractivity contribution is 5.96. The van der Waals surface area contributed by atoms with E-state index in [-0.39, 0.29) is 23.8 Å². The van der Waals surface area contributed by atoms with Crippen molar-refractivity contribution in [1.29, 1.82) is 0 Å². The van der Waals surface area contributed by atoms with Gasteiger partial charge in [-0.2, -0.15) is 8.78 Å². The summed E-state index contributed by atoms with van der Waals surface area (Å²) in [4.78, 5) is 13.7. The Labute approximate surface area is 110 Å². The smallest absolute Gasteiger partial charge is 0.387 e. The van der Waals surface area contributed by atoms with Crippen LogP contribution in [0, 0.1) is 0 Å². The number of benzene rings is 1. The maximum Gasteiger partial charge on any atom is 0.387 e. The predicted molar refractivity (Wildman–Crippen MR) is 66.4 cm³/mol. The van der Waals surface area contributed by atoms with E-state index in [1.807, 2.05) is 0 Å². The van der Waals surface area contributed by atoms with Gasteiger partial charge in [-0.25, -0.2) is 0 Å². The number of halogens is 2. The van der Waals surface area contributed by atoms with Gasteiger partial charge in [0, 0.05) is 19.7 Å². The second kappa shape index (κ2) is 7.68. The van der Waals surface area contributed by atoms with E-state index in [0.29, 0.717) is 19.5 Å². The summed E-state index contributed by atoms with van der Waals surface area (Å²) in [6.45, 7) is -0.414. The summed E-state index contributed by atoms with van der Waals surface area (Å²) in [5, 5.41) is 8.77. The molecule has 1 aromatic carbocycles. The molecular weight excluding hydrogens is 256 g/mol. The fourth-order valence-electron chi connectivity index (χ4n) is 1.68. The molecule has 0 unspecified atom stereocenters. The molecule has 1 N–H and O–H groups in total. The molecule has 0 aromatic heterocycles. The minimum Gasteiger partial charge on any atom is -0.434 e. The van der Waals surface area contributed by atoms with Gasteiger partial charge in [0.05, 0.1) is 5.56 Å². The van der Waals surface area contributed by atoms with Gasteiger partial charge < -0.3 is 14.7 Å². The number of rotatable bonds is 7.